The average Bonchev–Trinajstić information content (AvgIpc) is 2.43. The molecule has 0 aliphatic rings. The van der Waals surface area contributed by atoms with Crippen molar-refractivity contribution in [3.63, 3.8) is 0 Å². The Labute approximate surface area is 125 Å². The molecule has 1 aromatic heterocycles. The first-order chi connectivity index (χ1) is 9.49. The second-order valence-corrected chi connectivity index (χ2v) is 5.58. The van der Waals surface area contributed by atoms with E-state index in [0.29, 0.717) is 4.99 Å². The monoisotopic (exact) mass is 288 g/mol. The predicted molar refractivity (Wildman–Crippen MR) is 89.5 cm³/mol. The van der Waals surface area contributed by atoms with Crippen LogP contribution in [0.1, 0.15) is 5.56 Å². The van der Waals surface area contributed by atoms with Crippen LogP contribution in [-0.2, 0) is 0 Å². The fraction of sp³-hybridized carbons (Fsp3) is 0.333. The van der Waals surface area contributed by atoms with E-state index < -0.39 is 0 Å². The van der Waals surface area contributed by atoms with Gasteiger partial charge in [0, 0.05) is 25.5 Å². The fourth-order valence-electron chi connectivity index (χ4n) is 2.03. The zero-order valence-corrected chi connectivity index (χ0v) is 12.9. The number of aromatic nitrogens is 1. The molecule has 0 amide bonds. The number of fused-ring (bicyclic) bond motifs is 1. The van der Waals surface area contributed by atoms with Crippen molar-refractivity contribution < 1.29 is 0 Å². The molecule has 2 aromatic rings. The summed E-state index contributed by atoms with van der Waals surface area (Å²) in [7, 11) is 6.12. The van der Waals surface area contributed by atoms with Gasteiger partial charge < -0.3 is 15.5 Å². The Kier molecular flexibility index (Phi) is 4.52. The van der Waals surface area contributed by atoms with Gasteiger partial charge in [-0.05, 0) is 26.2 Å². The van der Waals surface area contributed by atoms with Crippen LogP contribution in [0.5, 0.6) is 0 Å². The van der Waals surface area contributed by atoms with Crippen molar-refractivity contribution in [2.45, 2.75) is 0 Å². The smallest absolute Gasteiger partial charge is 0.139 e. The predicted octanol–water partition coefficient (Wildman–Crippen LogP) is 1.87. The van der Waals surface area contributed by atoms with Gasteiger partial charge in [0.05, 0.1) is 11.1 Å². The number of rotatable bonds is 5. The maximum absolute atomic E-state index is 5.85. The van der Waals surface area contributed by atoms with Crippen LogP contribution in [0.2, 0.25) is 0 Å². The minimum atomic E-state index is 0.384. The van der Waals surface area contributed by atoms with Gasteiger partial charge in [0.15, 0.2) is 0 Å². The van der Waals surface area contributed by atoms with Crippen molar-refractivity contribution in [3.8, 4) is 0 Å². The first-order valence-electron chi connectivity index (χ1n) is 6.54. The van der Waals surface area contributed by atoms with Gasteiger partial charge in [-0.15, -0.1) is 0 Å². The molecular weight excluding hydrogens is 268 g/mol. The molecule has 0 aliphatic carbocycles. The largest absolute Gasteiger partial charge is 0.389 e. The first kappa shape index (κ1) is 14.7. The highest BCUT2D eigenvalue weighted by atomic mass is 32.1. The molecule has 1 heterocycles. The molecule has 1 aromatic carbocycles. The zero-order chi connectivity index (χ0) is 14.7. The van der Waals surface area contributed by atoms with Crippen LogP contribution in [0.4, 0.5) is 5.82 Å². The SMILES string of the molecule is CN(C)CCN(C)c1nc2ccccc2cc1C(N)=S. The van der Waals surface area contributed by atoms with E-state index in [0.717, 1.165) is 35.4 Å². The lowest BCUT2D eigenvalue weighted by molar-refractivity contribution is 0.416. The van der Waals surface area contributed by atoms with E-state index in [1.165, 1.54) is 0 Å². The van der Waals surface area contributed by atoms with Crippen molar-refractivity contribution in [1.82, 2.24) is 9.88 Å². The molecule has 4 nitrogen and oxygen atoms in total. The Morgan fingerprint density at radius 1 is 1.20 bits per heavy atom. The van der Waals surface area contributed by atoms with Crippen LogP contribution in [-0.4, -0.2) is 49.1 Å². The van der Waals surface area contributed by atoms with E-state index in [9.17, 15) is 0 Å². The van der Waals surface area contributed by atoms with Crippen LogP contribution in [0.3, 0.4) is 0 Å². The molecule has 0 saturated heterocycles. The Balaban J connectivity index is 2.43. The first-order valence-corrected chi connectivity index (χ1v) is 6.95. The second kappa shape index (κ2) is 6.15. The Bertz CT molecular complexity index is 624. The lowest BCUT2D eigenvalue weighted by atomic mass is 10.1. The number of pyridine rings is 1. The third kappa shape index (κ3) is 3.23. The number of thiocarbonyl (C=S) groups is 1. The summed E-state index contributed by atoms with van der Waals surface area (Å²) in [6.07, 6.45) is 0. The number of benzene rings is 1. The highest BCUT2D eigenvalue weighted by molar-refractivity contribution is 7.80. The van der Waals surface area contributed by atoms with E-state index in [2.05, 4.69) is 23.9 Å². The van der Waals surface area contributed by atoms with Crippen molar-refractivity contribution in [1.29, 1.82) is 0 Å². The van der Waals surface area contributed by atoms with E-state index in [4.69, 9.17) is 22.9 Å². The highest BCUT2D eigenvalue weighted by Crippen LogP contribution is 2.22. The number of nitrogens with two attached hydrogens (primary N) is 1. The fourth-order valence-corrected chi connectivity index (χ4v) is 2.18. The minimum absolute atomic E-state index is 0.384. The maximum Gasteiger partial charge on any atom is 0.139 e. The molecule has 5 heteroatoms. The second-order valence-electron chi connectivity index (χ2n) is 5.14. The van der Waals surface area contributed by atoms with E-state index in [-0.39, 0.29) is 0 Å². The number of hydrogen-bond acceptors (Lipinski definition) is 4. The van der Waals surface area contributed by atoms with Gasteiger partial charge in [-0.2, -0.15) is 0 Å². The molecule has 2 N–H and O–H groups in total. The van der Waals surface area contributed by atoms with Gasteiger partial charge in [-0.25, -0.2) is 4.98 Å². The van der Waals surface area contributed by atoms with Gasteiger partial charge in [0.25, 0.3) is 0 Å². The summed E-state index contributed by atoms with van der Waals surface area (Å²) >= 11 is 5.17. The van der Waals surface area contributed by atoms with Gasteiger partial charge in [0.1, 0.15) is 10.8 Å². The molecule has 0 bridgehead atoms. The molecular formula is C15H20N4S. The lowest BCUT2D eigenvalue weighted by Gasteiger charge is -2.23. The molecule has 106 valence electrons. The molecule has 0 saturated carbocycles. The molecule has 20 heavy (non-hydrogen) atoms. The van der Waals surface area contributed by atoms with E-state index in [1.54, 1.807) is 0 Å². The van der Waals surface area contributed by atoms with Gasteiger partial charge >= 0.3 is 0 Å². The summed E-state index contributed by atoms with van der Waals surface area (Å²) in [6.45, 7) is 1.82. The maximum atomic E-state index is 5.85. The molecule has 0 unspecified atom stereocenters. The Hall–Kier alpha value is -1.72. The van der Waals surface area contributed by atoms with Gasteiger partial charge in [-0.3, -0.25) is 0 Å². The van der Waals surface area contributed by atoms with Crippen LogP contribution in [0.15, 0.2) is 30.3 Å². The number of likely N-dealkylation sites (N-methyl/N-ethyl adjacent to an activating group) is 2. The normalized spacial score (nSPS) is 11.0. The standard InChI is InChI=1S/C15H20N4S/c1-18(2)8-9-19(3)15-12(14(16)20)10-11-6-4-5-7-13(11)17-15/h4-7,10H,8-9H2,1-3H3,(H2,16,20). The van der Waals surface area contributed by atoms with Crippen molar-refractivity contribution in [3.05, 3.63) is 35.9 Å². The van der Waals surface area contributed by atoms with E-state index >= 15 is 0 Å². The quantitative estimate of drug-likeness (QED) is 0.851. The van der Waals surface area contributed by atoms with Crippen LogP contribution in [0.25, 0.3) is 10.9 Å². The van der Waals surface area contributed by atoms with E-state index in [1.807, 2.05) is 37.4 Å². The summed E-state index contributed by atoms with van der Waals surface area (Å²) in [5.74, 6) is 0.845. The minimum Gasteiger partial charge on any atom is -0.389 e. The lowest BCUT2D eigenvalue weighted by Crippen LogP contribution is -2.30. The van der Waals surface area contributed by atoms with Crippen molar-refractivity contribution in [2.24, 2.45) is 5.73 Å². The van der Waals surface area contributed by atoms with Gasteiger partial charge in [0.2, 0.25) is 0 Å². The summed E-state index contributed by atoms with van der Waals surface area (Å²) in [4.78, 5) is 9.33. The zero-order valence-electron chi connectivity index (χ0n) is 12.1. The number of anilines is 1. The molecule has 0 spiro atoms. The third-order valence-corrected chi connectivity index (χ3v) is 3.43. The Morgan fingerprint density at radius 2 is 1.90 bits per heavy atom. The summed E-state index contributed by atoms with van der Waals surface area (Å²) in [5.41, 5.74) is 7.64. The van der Waals surface area contributed by atoms with Gasteiger partial charge in [-0.1, -0.05) is 30.4 Å². The van der Waals surface area contributed by atoms with Crippen molar-refractivity contribution >= 4 is 33.9 Å². The van der Waals surface area contributed by atoms with Crippen LogP contribution >= 0.6 is 12.2 Å². The average molecular weight is 288 g/mol. The van der Waals surface area contributed by atoms with Crippen LogP contribution < -0.4 is 10.6 Å². The molecule has 2 rings (SSSR count). The Morgan fingerprint density at radius 3 is 2.55 bits per heavy atom. The number of para-hydroxylation sites is 1. The molecule has 0 aliphatic heterocycles. The number of nitrogens with zero attached hydrogens (tertiary/aromatic N) is 3. The summed E-state index contributed by atoms with van der Waals surface area (Å²) in [5, 5.41) is 1.06. The van der Waals surface area contributed by atoms with Crippen molar-refractivity contribution in [2.75, 3.05) is 39.1 Å². The highest BCUT2D eigenvalue weighted by Gasteiger charge is 2.13. The molecule has 0 atom stereocenters. The summed E-state index contributed by atoms with van der Waals surface area (Å²) in [6, 6.07) is 10.0. The number of hydrogen-bond donors (Lipinski definition) is 1. The summed E-state index contributed by atoms with van der Waals surface area (Å²) < 4.78 is 0. The molecule has 0 fully saturated rings. The third-order valence-electron chi connectivity index (χ3n) is 3.21. The molecule has 0 radical (unpaired) electrons. The van der Waals surface area contributed by atoms with Crippen LogP contribution in [0, 0.1) is 0 Å². The topological polar surface area (TPSA) is 45.4 Å².